The van der Waals surface area contributed by atoms with E-state index in [2.05, 4.69) is 0 Å². The molecule has 2 saturated heterocycles. The Morgan fingerprint density at radius 2 is 1.76 bits per heavy atom. The third kappa shape index (κ3) is 2.51. The second-order valence-electron chi connectivity index (χ2n) is 6.12. The van der Waals surface area contributed by atoms with E-state index in [4.69, 9.17) is 9.47 Å². The van der Waals surface area contributed by atoms with Crippen LogP contribution in [-0.2, 0) is 9.47 Å². The number of ether oxygens (including phenoxy) is 2. The fourth-order valence-electron chi connectivity index (χ4n) is 3.98. The minimum Gasteiger partial charge on any atom is -0.393 e. The van der Waals surface area contributed by atoms with Gasteiger partial charge >= 0.3 is 0 Å². The van der Waals surface area contributed by atoms with Gasteiger partial charge in [-0.05, 0) is 56.8 Å². The molecule has 98 valence electrons. The van der Waals surface area contributed by atoms with Gasteiger partial charge in [-0.3, -0.25) is 0 Å². The highest BCUT2D eigenvalue weighted by Gasteiger charge is 2.42. The Kier molecular flexibility index (Phi) is 3.42. The number of hydrogen-bond acceptors (Lipinski definition) is 3. The molecule has 1 N–H and O–H groups in total. The Balaban J connectivity index is 1.62. The molecule has 3 rings (SSSR count). The lowest BCUT2D eigenvalue weighted by molar-refractivity contribution is -0.152. The lowest BCUT2D eigenvalue weighted by Crippen LogP contribution is -2.45. The largest absolute Gasteiger partial charge is 0.393 e. The van der Waals surface area contributed by atoms with E-state index in [-0.39, 0.29) is 11.7 Å². The van der Waals surface area contributed by atoms with E-state index in [0.29, 0.717) is 0 Å². The van der Waals surface area contributed by atoms with E-state index < -0.39 is 0 Å². The predicted molar refractivity (Wildman–Crippen MR) is 64.8 cm³/mol. The molecule has 3 heteroatoms. The molecule has 0 radical (unpaired) electrons. The van der Waals surface area contributed by atoms with Gasteiger partial charge < -0.3 is 14.6 Å². The molecule has 2 heterocycles. The predicted octanol–water partition coefficient (Wildman–Crippen LogP) is 2.12. The van der Waals surface area contributed by atoms with Gasteiger partial charge in [0.2, 0.25) is 0 Å². The number of rotatable bonds is 1. The van der Waals surface area contributed by atoms with Crippen molar-refractivity contribution in [2.45, 2.75) is 56.7 Å². The average molecular weight is 240 g/mol. The summed E-state index contributed by atoms with van der Waals surface area (Å²) in [6.45, 7) is 2.64. The number of aliphatic hydroxyl groups excluding tert-OH is 1. The number of aliphatic hydroxyl groups is 1. The minimum atomic E-state index is -0.0338. The summed E-state index contributed by atoms with van der Waals surface area (Å²) in [7, 11) is 0. The van der Waals surface area contributed by atoms with Crippen LogP contribution in [0.4, 0.5) is 0 Å². The van der Waals surface area contributed by atoms with E-state index in [0.717, 1.165) is 57.3 Å². The molecule has 3 fully saturated rings. The van der Waals surface area contributed by atoms with Crippen LogP contribution >= 0.6 is 0 Å². The molecule has 0 aromatic heterocycles. The highest BCUT2D eigenvalue weighted by atomic mass is 16.5. The SMILES string of the molecule is OC1CCC(C2CCOC3(CCOCC3)C2)C1. The van der Waals surface area contributed by atoms with Crippen LogP contribution in [0.1, 0.15) is 44.9 Å². The fourth-order valence-corrected chi connectivity index (χ4v) is 3.98. The second kappa shape index (κ2) is 4.87. The standard InChI is InChI=1S/C14H24O3/c15-13-2-1-11(9-13)12-3-6-17-14(10-12)4-7-16-8-5-14/h11-13,15H,1-10H2. The van der Waals surface area contributed by atoms with Crippen molar-refractivity contribution in [3.63, 3.8) is 0 Å². The van der Waals surface area contributed by atoms with Crippen molar-refractivity contribution >= 4 is 0 Å². The Morgan fingerprint density at radius 1 is 0.941 bits per heavy atom. The van der Waals surface area contributed by atoms with Crippen molar-refractivity contribution < 1.29 is 14.6 Å². The summed E-state index contributed by atoms with van der Waals surface area (Å²) in [5.41, 5.74) is 0.120. The molecule has 0 bridgehead atoms. The van der Waals surface area contributed by atoms with Crippen molar-refractivity contribution in [1.82, 2.24) is 0 Å². The van der Waals surface area contributed by atoms with Gasteiger partial charge in [-0.25, -0.2) is 0 Å². The van der Waals surface area contributed by atoms with E-state index in [1.165, 1.54) is 19.3 Å². The van der Waals surface area contributed by atoms with Crippen LogP contribution in [0.25, 0.3) is 0 Å². The normalized spacial score (nSPS) is 41.8. The summed E-state index contributed by atoms with van der Waals surface area (Å²) in [5, 5.41) is 9.68. The molecule has 0 amide bonds. The van der Waals surface area contributed by atoms with Crippen molar-refractivity contribution in [1.29, 1.82) is 0 Å². The summed E-state index contributed by atoms with van der Waals surface area (Å²) in [6.07, 6.45) is 7.76. The monoisotopic (exact) mass is 240 g/mol. The Bertz CT molecular complexity index is 255. The summed E-state index contributed by atoms with van der Waals surface area (Å²) in [5.74, 6) is 1.52. The van der Waals surface area contributed by atoms with Gasteiger partial charge in [-0.15, -0.1) is 0 Å². The van der Waals surface area contributed by atoms with Gasteiger partial charge in [0.1, 0.15) is 0 Å². The summed E-state index contributed by atoms with van der Waals surface area (Å²) in [4.78, 5) is 0. The third-order valence-corrected chi connectivity index (χ3v) is 5.05. The summed E-state index contributed by atoms with van der Waals surface area (Å²) in [6, 6.07) is 0. The summed E-state index contributed by atoms with van der Waals surface area (Å²) < 4.78 is 11.5. The molecule has 0 aromatic carbocycles. The van der Waals surface area contributed by atoms with Crippen LogP contribution in [0.2, 0.25) is 0 Å². The van der Waals surface area contributed by atoms with Crippen LogP contribution in [0.3, 0.4) is 0 Å². The Morgan fingerprint density at radius 3 is 2.47 bits per heavy atom. The zero-order chi connectivity index (χ0) is 11.7. The molecule has 3 nitrogen and oxygen atoms in total. The van der Waals surface area contributed by atoms with Crippen molar-refractivity contribution in [2.24, 2.45) is 11.8 Å². The molecular weight excluding hydrogens is 216 g/mol. The first-order chi connectivity index (χ1) is 8.27. The van der Waals surface area contributed by atoms with Crippen LogP contribution in [0.15, 0.2) is 0 Å². The van der Waals surface area contributed by atoms with Crippen LogP contribution in [-0.4, -0.2) is 36.6 Å². The summed E-state index contributed by atoms with van der Waals surface area (Å²) >= 11 is 0. The lowest BCUT2D eigenvalue weighted by atomic mass is 9.75. The molecule has 3 atom stereocenters. The average Bonchev–Trinajstić information content (AvgIpc) is 2.77. The maximum atomic E-state index is 9.68. The molecule has 1 aliphatic carbocycles. The highest BCUT2D eigenvalue weighted by molar-refractivity contribution is 4.92. The first kappa shape index (κ1) is 11.9. The van der Waals surface area contributed by atoms with Gasteiger partial charge in [0.05, 0.1) is 11.7 Å². The van der Waals surface area contributed by atoms with Crippen molar-refractivity contribution in [3.8, 4) is 0 Å². The lowest BCUT2D eigenvalue weighted by Gasteiger charge is -2.45. The van der Waals surface area contributed by atoms with Gasteiger partial charge in [0.15, 0.2) is 0 Å². The van der Waals surface area contributed by atoms with Gasteiger partial charge in [0.25, 0.3) is 0 Å². The zero-order valence-electron chi connectivity index (χ0n) is 10.6. The van der Waals surface area contributed by atoms with Gasteiger partial charge in [-0.2, -0.15) is 0 Å². The van der Waals surface area contributed by atoms with Crippen LogP contribution in [0.5, 0.6) is 0 Å². The third-order valence-electron chi connectivity index (χ3n) is 5.05. The second-order valence-corrected chi connectivity index (χ2v) is 6.12. The smallest absolute Gasteiger partial charge is 0.0729 e. The number of hydrogen-bond donors (Lipinski definition) is 1. The zero-order valence-corrected chi connectivity index (χ0v) is 10.6. The van der Waals surface area contributed by atoms with Crippen LogP contribution < -0.4 is 0 Å². The van der Waals surface area contributed by atoms with Gasteiger partial charge in [0, 0.05) is 19.8 Å². The van der Waals surface area contributed by atoms with Crippen LogP contribution in [0, 0.1) is 11.8 Å². The van der Waals surface area contributed by atoms with E-state index >= 15 is 0 Å². The fraction of sp³-hybridized carbons (Fsp3) is 1.00. The van der Waals surface area contributed by atoms with E-state index in [1.54, 1.807) is 0 Å². The molecule has 1 saturated carbocycles. The maximum absolute atomic E-state index is 9.68. The molecule has 3 unspecified atom stereocenters. The highest BCUT2D eigenvalue weighted by Crippen LogP contribution is 2.44. The molecule has 2 aliphatic heterocycles. The quantitative estimate of drug-likeness (QED) is 0.763. The Hall–Kier alpha value is -0.120. The Labute approximate surface area is 103 Å². The first-order valence-electron chi connectivity index (χ1n) is 7.17. The molecule has 0 aromatic rings. The maximum Gasteiger partial charge on any atom is 0.0729 e. The van der Waals surface area contributed by atoms with Crippen molar-refractivity contribution in [3.05, 3.63) is 0 Å². The molecule has 3 aliphatic rings. The molecular formula is C14H24O3. The van der Waals surface area contributed by atoms with E-state index in [9.17, 15) is 5.11 Å². The van der Waals surface area contributed by atoms with E-state index in [1.807, 2.05) is 0 Å². The molecule has 17 heavy (non-hydrogen) atoms. The van der Waals surface area contributed by atoms with Crippen molar-refractivity contribution in [2.75, 3.05) is 19.8 Å². The molecule has 1 spiro atoms. The minimum absolute atomic E-state index is 0.0338. The van der Waals surface area contributed by atoms with Gasteiger partial charge in [-0.1, -0.05) is 0 Å². The first-order valence-corrected chi connectivity index (χ1v) is 7.17. The topological polar surface area (TPSA) is 38.7 Å².